The van der Waals surface area contributed by atoms with Crippen molar-refractivity contribution in [3.63, 3.8) is 0 Å². The van der Waals surface area contributed by atoms with Crippen molar-refractivity contribution < 1.29 is 19.4 Å². The normalized spacial score (nSPS) is 10.3. The van der Waals surface area contributed by atoms with E-state index in [-0.39, 0.29) is 22.9 Å². The number of aryl methyl sites for hydroxylation is 1. The lowest BCUT2D eigenvalue weighted by atomic mass is 10.2. The summed E-state index contributed by atoms with van der Waals surface area (Å²) in [7, 11) is 0. The number of carbonyl (C=O) groups is 2. The maximum atomic E-state index is 12.0. The summed E-state index contributed by atoms with van der Waals surface area (Å²) in [5.41, 5.74) is 1.11. The maximum Gasteiger partial charge on any atom is 0.335 e. The molecule has 5 nitrogen and oxygen atoms in total. The highest BCUT2D eigenvalue weighted by molar-refractivity contribution is 9.11. The van der Waals surface area contributed by atoms with E-state index in [4.69, 9.17) is 21.4 Å². The summed E-state index contributed by atoms with van der Waals surface area (Å²) in [5, 5.41) is 11.8. The number of amides is 1. The van der Waals surface area contributed by atoms with Crippen LogP contribution in [0.25, 0.3) is 0 Å². The van der Waals surface area contributed by atoms with E-state index in [1.807, 2.05) is 19.1 Å². The number of carboxylic acids is 1. The molecular weight excluding hydrogens is 465 g/mol. The van der Waals surface area contributed by atoms with Crippen molar-refractivity contribution in [3.05, 3.63) is 55.4 Å². The van der Waals surface area contributed by atoms with Gasteiger partial charge >= 0.3 is 5.97 Å². The second-order valence-electron chi connectivity index (χ2n) is 4.87. The molecule has 126 valence electrons. The molecule has 0 radical (unpaired) electrons. The highest BCUT2D eigenvalue weighted by Gasteiger charge is 2.13. The van der Waals surface area contributed by atoms with E-state index in [2.05, 4.69) is 37.2 Å². The molecule has 24 heavy (non-hydrogen) atoms. The van der Waals surface area contributed by atoms with Gasteiger partial charge in [0.05, 0.1) is 20.7 Å². The minimum atomic E-state index is -1.10. The van der Waals surface area contributed by atoms with E-state index >= 15 is 0 Å². The summed E-state index contributed by atoms with van der Waals surface area (Å²) in [4.78, 5) is 23.0. The van der Waals surface area contributed by atoms with Crippen LogP contribution in [0.1, 0.15) is 15.9 Å². The molecule has 0 aliphatic carbocycles. The third-order valence-electron chi connectivity index (χ3n) is 3.03. The Morgan fingerprint density at radius 2 is 1.96 bits per heavy atom. The molecule has 8 heteroatoms. The van der Waals surface area contributed by atoms with Gasteiger partial charge in [-0.3, -0.25) is 4.79 Å². The first kappa shape index (κ1) is 18.8. The molecule has 0 aliphatic heterocycles. The van der Waals surface area contributed by atoms with Crippen molar-refractivity contribution >= 4 is 61.0 Å². The van der Waals surface area contributed by atoms with Crippen LogP contribution in [-0.2, 0) is 4.79 Å². The van der Waals surface area contributed by atoms with E-state index in [1.165, 1.54) is 18.2 Å². The lowest BCUT2D eigenvalue weighted by molar-refractivity contribution is -0.118. The van der Waals surface area contributed by atoms with Gasteiger partial charge in [0.2, 0.25) is 0 Å². The summed E-state index contributed by atoms with van der Waals surface area (Å²) < 4.78 is 7.14. The van der Waals surface area contributed by atoms with Crippen LogP contribution in [0, 0.1) is 6.92 Å². The molecule has 2 rings (SSSR count). The second kappa shape index (κ2) is 8.00. The number of benzene rings is 2. The molecule has 0 atom stereocenters. The predicted octanol–water partition coefficient (Wildman–Crippen LogP) is 4.89. The van der Waals surface area contributed by atoms with Gasteiger partial charge in [0.1, 0.15) is 5.75 Å². The van der Waals surface area contributed by atoms with Gasteiger partial charge in [-0.25, -0.2) is 4.79 Å². The van der Waals surface area contributed by atoms with Gasteiger partial charge < -0.3 is 15.2 Å². The molecule has 0 heterocycles. The molecule has 0 spiro atoms. The van der Waals surface area contributed by atoms with Crippen molar-refractivity contribution in [1.82, 2.24) is 0 Å². The quantitative estimate of drug-likeness (QED) is 0.643. The first-order valence-corrected chi connectivity index (χ1v) is 8.65. The molecule has 1 amide bonds. The number of halogens is 3. The number of hydrogen-bond donors (Lipinski definition) is 2. The van der Waals surface area contributed by atoms with Crippen LogP contribution in [0.15, 0.2) is 39.3 Å². The number of rotatable bonds is 5. The Hall–Kier alpha value is -1.57. The first-order chi connectivity index (χ1) is 11.3. The molecule has 2 aromatic rings. The van der Waals surface area contributed by atoms with E-state index < -0.39 is 11.9 Å². The van der Waals surface area contributed by atoms with E-state index in [0.717, 1.165) is 10.0 Å². The lowest BCUT2D eigenvalue weighted by Crippen LogP contribution is -2.21. The molecule has 0 fully saturated rings. The third kappa shape index (κ3) is 4.72. The largest absolute Gasteiger partial charge is 0.482 e. The Labute approximate surface area is 160 Å². The highest BCUT2D eigenvalue weighted by Crippen LogP contribution is 2.32. The van der Waals surface area contributed by atoms with Gasteiger partial charge in [-0.2, -0.15) is 0 Å². The van der Waals surface area contributed by atoms with Crippen LogP contribution in [0.2, 0.25) is 5.02 Å². The number of carbonyl (C=O) groups excluding carboxylic acids is 1. The third-order valence-corrected chi connectivity index (χ3v) is 4.41. The fourth-order valence-electron chi connectivity index (χ4n) is 1.95. The number of carboxylic acid groups (broad SMARTS) is 1. The average molecular weight is 478 g/mol. The van der Waals surface area contributed by atoms with Crippen molar-refractivity contribution in [2.45, 2.75) is 6.92 Å². The SMILES string of the molecule is Cc1cc(Br)cc(Br)c1OCC(=O)Nc1cc(C(=O)O)ccc1Cl. The topological polar surface area (TPSA) is 75.6 Å². The van der Waals surface area contributed by atoms with Gasteiger partial charge in [-0.15, -0.1) is 0 Å². The predicted molar refractivity (Wildman–Crippen MR) is 99.1 cm³/mol. The summed E-state index contributed by atoms with van der Waals surface area (Å²) in [6.45, 7) is 1.62. The van der Waals surface area contributed by atoms with Crippen LogP contribution in [0.3, 0.4) is 0 Å². The van der Waals surface area contributed by atoms with Crippen molar-refractivity contribution in [1.29, 1.82) is 0 Å². The Kier molecular flexibility index (Phi) is 6.26. The lowest BCUT2D eigenvalue weighted by Gasteiger charge is -2.12. The fourth-order valence-corrected chi connectivity index (χ4v) is 3.67. The van der Waals surface area contributed by atoms with Crippen LogP contribution in [0.4, 0.5) is 5.69 Å². The van der Waals surface area contributed by atoms with Gasteiger partial charge in [0.15, 0.2) is 6.61 Å². The molecule has 0 unspecified atom stereocenters. The van der Waals surface area contributed by atoms with Crippen LogP contribution < -0.4 is 10.1 Å². The van der Waals surface area contributed by atoms with Crippen LogP contribution >= 0.6 is 43.5 Å². The maximum absolute atomic E-state index is 12.0. The van der Waals surface area contributed by atoms with Crippen molar-refractivity contribution in [2.24, 2.45) is 0 Å². The van der Waals surface area contributed by atoms with Crippen LogP contribution in [-0.4, -0.2) is 23.6 Å². The molecule has 0 saturated carbocycles. The summed E-state index contributed by atoms with van der Waals surface area (Å²) in [6.07, 6.45) is 0. The molecule has 0 aromatic heterocycles. The number of hydrogen-bond acceptors (Lipinski definition) is 3. The smallest absolute Gasteiger partial charge is 0.335 e. The van der Waals surface area contributed by atoms with Gasteiger partial charge in [0, 0.05) is 4.47 Å². The number of aromatic carboxylic acids is 1. The monoisotopic (exact) mass is 475 g/mol. The van der Waals surface area contributed by atoms with Gasteiger partial charge in [-0.1, -0.05) is 27.5 Å². The van der Waals surface area contributed by atoms with Crippen LogP contribution in [0.5, 0.6) is 5.75 Å². The molecule has 0 saturated heterocycles. The second-order valence-corrected chi connectivity index (χ2v) is 7.05. The summed E-state index contributed by atoms with van der Waals surface area (Å²) in [6, 6.07) is 7.75. The highest BCUT2D eigenvalue weighted by atomic mass is 79.9. The van der Waals surface area contributed by atoms with E-state index in [1.54, 1.807) is 0 Å². The molecular formula is C16H12Br2ClNO4. The number of nitrogens with one attached hydrogen (secondary N) is 1. The molecule has 2 aromatic carbocycles. The molecule has 2 N–H and O–H groups in total. The number of anilines is 1. The zero-order valence-corrected chi connectivity index (χ0v) is 16.3. The van der Waals surface area contributed by atoms with Gasteiger partial charge in [0.25, 0.3) is 5.91 Å². The zero-order chi connectivity index (χ0) is 17.9. The zero-order valence-electron chi connectivity index (χ0n) is 12.4. The Bertz CT molecular complexity index is 788. The summed E-state index contributed by atoms with van der Waals surface area (Å²) in [5.74, 6) is -1.000. The minimum absolute atomic E-state index is 0.0297. The first-order valence-electron chi connectivity index (χ1n) is 6.69. The average Bonchev–Trinajstić information content (AvgIpc) is 2.48. The Morgan fingerprint density at radius 1 is 1.25 bits per heavy atom. The Balaban J connectivity index is 2.07. The minimum Gasteiger partial charge on any atom is -0.482 e. The number of ether oxygens (including phenoxy) is 1. The summed E-state index contributed by atoms with van der Waals surface area (Å²) >= 11 is 12.7. The molecule has 0 bridgehead atoms. The van der Waals surface area contributed by atoms with Gasteiger partial charge in [-0.05, 0) is 58.7 Å². The van der Waals surface area contributed by atoms with E-state index in [9.17, 15) is 9.59 Å². The molecule has 0 aliphatic rings. The van der Waals surface area contributed by atoms with Crippen molar-refractivity contribution in [2.75, 3.05) is 11.9 Å². The van der Waals surface area contributed by atoms with Crippen molar-refractivity contribution in [3.8, 4) is 5.75 Å². The van der Waals surface area contributed by atoms with E-state index in [0.29, 0.717) is 10.2 Å². The standard InChI is InChI=1S/C16H12Br2ClNO4/c1-8-4-10(17)6-11(18)15(8)24-7-14(21)20-13-5-9(16(22)23)2-3-12(13)19/h2-6H,7H2,1H3,(H,20,21)(H,22,23). The Morgan fingerprint density at radius 3 is 2.58 bits per heavy atom. The fraction of sp³-hybridized carbons (Fsp3) is 0.125.